The molecule has 0 atom stereocenters. The first-order chi connectivity index (χ1) is 10.4. The van der Waals surface area contributed by atoms with Crippen molar-refractivity contribution in [2.24, 2.45) is 0 Å². The van der Waals surface area contributed by atoms with Gasteiger partial charge in [-0.15, -0.1) is 0 Å². The highest BCUT2D eigenvalue weighted by Gasteiger charge is 2.22. The number of methoxy groups -OCH3 is 2. The molecule has 0 radical (unpaired) electrons. The van der Waals surface area contributed by atoms with E-state index in [1.807, 2.05) is 0 Å². The van der Waals surface area contributed by atoms with Crippen LogP contribution in [-0.2, 0) is 10.0 Å². The SMILES string of the molecule is COc1ccc(NS(=O)(=O)c2cc(Cl)cc(Br)c2OC)cc1. The molecule has 0 saturated heterocycles. The van der Waals surface area contributed by atoms with Gasteiger partial charge in [0.1, 0.15) is 10.6 Å². The van der Waals surface area contributed by atoms with Gasteiger partial charge >= 0.3 is 0 Å². The van der Waals surface area contributed by atoms with Crippen molar-refractivity contribution in [2.45, 2.75) is 4.90 Å². The fourth-order valence-electron chi connectivity index (χ4n) is 1.80. The first-order valence-corrected chi connectivity index (χ1v) is 8.72. The standard InChI is InChI=1S/C14H13BrClNO4S/c1-20-11-5-3-10(4-6-11)17-22(18,19)13-8-9(16)7-12(15)14(13)21-2/h3-8,17H,1-2H3. The molecule has 0 aromatic heterocycles. The third-order valence-corrected chi connectivity index (χ3v) is 5.00. The van der Waals surface area contributed by atoms with Crippen LogP contribution in [0, 0.1) is 0 Å². The largest absolute Gasteiger partial charge is 0.497 e. The van der Waals surface area contributed by atoms with Gasteiger partial charge < -0.3 is 9.47 Å². The Morgan fingerprint density at radius 2 is 1.73 bits per heavy atom. The summed E-state index contributed by atoms with van der Waals surface area (Å²) < 4.78 is 38.2. The molecule has 0 fully saturated rings. The van der Waals surface area contributed by atoms with Crippen molar-refractivity contribution in [2.75, 3.05) is 18.9 Å². The maximum absolute atomic E-state index is 12.5. The summed E-state index contributed by atoms with van der Waals surface area (Å²) in [4.78, 5) is -0.0507. The van der Waals surface area contributed by atoms with E-state index in [9.17, 15) is 8.42 Å². The Labute approximate surface area is 142 Å². The van der Waals surface area contributed by atoms with Crippen LogP contribution in [0.1, 0.15) is 0 Å². The molecule has 2 aromatic carbocycles. The Morgan fingerprint density at radius 1 is 1.09 bits per heavy atom. The number of sulfonamides is 1. The third kappa shape index (κ3) is 3.66. The fraction of sp³-hybridized carbons (Fsp3) is 0.143. The number of rotatable bonds is 5. The Bertz CT molecular complexity index is 778. The Morgan fingerprint density at radius 3 is 2.27 bits per heavy atom. The van der Waals surface area contributed by atoms with E-state index >= 15 is 0 Å². The quantitative estimate of drug-likeness (QED) is 0.817. The number of ether oxygens (including phenoxy) is 2. The Balaban J connectivity index is 2.41. The molecule has 0 heterocycles. The number of anilines is 1. The lowest BCUT2D eigenvalue weighted by molar-refractivity contribution is 0.400. The molecule has 2 rings (SSSR count). The summed E-state index contributed by atoms with van der Waals surface area (Å²) in [7, 11) is -0.926. The number of benzene rings is 2. The summed E-state index contributed by atoms with van der Waals surface area (Å²) in [5, 5.41) is 0.280. The number of hydrogen-bond donors (Lipinski definition) is 1. The summed E-state index contributed by atoms with van der Waals surface area (Å²) in [6.07, 6.45) is 0. The van der Waals surface area contributed by atoms with Gasteiger partial charge in [-0.05, 0) is 52.3 Å². The maximum atomic E-state index is 12.5. The van der Waals surface area contributed by atoms with Crippen molar-refractivity contribution in [3.05, 3.63) is 45.9 Å². The normalized spacial score (nSPS) is 11.1. The van der Waals surface area contributed by atoms with Crippen molar-refractivity contribution >= 4 is 43.2 Å². The van der Waals surface area contributed by atoms with E-state index in [0.29, 0.717) is 15.9 Å². The summed E-state index contributed by atoms with van der Waals surface area (Å²) >= 11 is 9.17. The van der Waals surface area contributed by atoms with Crippen LogP contribution in [-0.4, -0.2) is 22.6 Å². The third-order valence-electron chi connectivity index (χ3n) is 2.81. The lowest BCUT2D eigenvalue weighted by Crippen LogP contribution is -2.14. The molecule has 0 amide bonds. The molecule has 0 unspecified atom stereocenters. The first-order valence-electron chi connectivity index (χ1n) is 6.07. The van der Waals surface area contributed by atoms with E-state index in [4.69, 9.17) is 21.1 Å². The van der Waals surface area contributed by atoms with Crippen LogP contribution in [0.4, 0.5) is 5.69 Å². The van der Waals surface area contributed by atoms with Gasteiger partial charge in [-0.2, -0.15) is 0 Å². The van der Waals surface area contributed by atoms with Crippen molar-refractivity contribution in [1.82, 2.24) is 0 Å². The smallest absolute Gasteiger partial charge is 0.265 e. The topological polar surface area (TPSA) is 64.6 Å². The molecule has 0 aliphatic heterocycles. The molecule has 0 aliphatic rings. The van der Waals surface area contributed by atoms with Crippen molar-refractivity contribution < 1.29 is 17.9 Å². The van der Waals surface area contributed by atoms with Crippen molar-refractivity contribution in [3.63, 3.8) is 0 Å². The zero-order valence-electron chi connectivity index (χ0n) is 11.8. The van der Waals surface area contributed by atoms with E-state index in [1.54, 1.807) is 30.3 Å². The predicted octanol–water partition coefficient (Wildman–Crippen LogP) is 3.92. The van der Waals surface area contributed by atoms with Crippen molar-refractivity contribution in [3.8, 4) is 11.5 Å². The molecule has 0 spiro atoms. The van der Waals surface area contributed by atoms with E-state index in [0.717, 1.165) is 0 Å². The van der Waals surface area contributed by atoms with Crippen molar-refractivity contribution in [1.29, 1.82) is 0 Å². The minimum atomic E-state index is -3.85. The average molecular weight is 407 g/mol. The van der Waals surface area contributed by atoms with E-state index < -0.39 is 10.0 Å². The molecule has 22 heavy (non-hydrogen) atoms. The van der Waals surface area contributed by atoms with E-state index in [1.165, 1.54) is 20.3 Å². The van der Waals surface area contributed by atoms with Gasteiger partial charge in [0.25, 0.3) is 10.0 Å². The molecular formula is C14H13BrClNO4S. The van der Waals surface area contributed by atoms with Gasteiger partial charge in [-0.1, -0.05) is 11.6 Å². The summed E-state index contributed by atoms with van der Waals surface area (Å²) in [5.41, 5.74) is 0.402. The Hall–Kier alpha value is -1.44. The van der Waals surface area contributed by atoms with Crippen LogP contribution in [0.5, 0.6) is 11.5 Å². The van der Waals surface area contributed by atoms with Gasteiger partial charge in [0, 0.05) is 10.7 Å². The van der Waals surface area contributed by atoms with Gasteiger partial charge in [0.15, 0.2) is 5.75 Å². The van der Waals surface area contributed by atoms with Crippen LogP contribution >= 0.6 is 27.5 Å². The number of hydrogen-bond acceptors (Lipinski definition) is 4. The van der Waals surface area contributed by atoms with Gasteiger partial charge in [-0.25, -0.2) is 8.42 Å². The lowest BCUT2D eigenvalue weighted by Gasteiger charge is -2.13. The highest BCUT2D eigenvalue weighted by Crippen LogP contribution is 2.36. The lowest BCUT2D eigenvalue weighted by atomic mass is 10.3. The zero-order chi connectivity index (χ0) is 16.3. The molecule has 118 valence electrons. The maximum Gasteiger partial charge on any atom is 0.265 e. The van der Waals surface area contributed by atoms with Crippen LogP contribution < -0.4 is 14.2 Å². The minimum absolute atomic E-state index is 0.0507. The van der Waals surface area contributed by atoms with Gasteiger partial charge in [0.2, 0.25) is 0 Å². The molecular weight excluding hydrogens is 394 g/mol. The second-order valence-electron chi connectivity index (χ2n) is 4.25. The van der Waals surface area contributed by atoms with E-state index in [2.05, 4.69) is 20.7 Å². The number of nitrogens with one attached hydrogen (secondary N) is 1. The fourth-order valence-corrected chi connectivity index (χ4v) is 4.25. The first kappa shape index (κ1) is 16.9. The summed E-state index contributed by atoms with van der Waals surface area (Å²) in [6.45, 7) is 0. The number of halogens is 2. The van der Waals surface area contributed by atoms with Crippen LogP contribution in [0.2, 0.25) is 5.02 Å². The van der Waals surface area contributed by atoms with E-state index in [-0.39, 0.29) is 15.7 Å². The zero-order valence-corrected chi connectivity index (χ0v) is 14.9. The monoisotopic (exact) mass is 405 g/mol. The molecule has 0 aliphatic carbocycles. The molecule has 1 N–H and O–H groups in total. The summed E-state index contributed by atoms with van der Waals surface area (Å²) in [5.74, 6) is 0.816. The molecule has 0 saturated carbocycles. The minimum Gasteiger partial charge on any atom is -0.497 e. The molecule has 8 heteroatoms. The average Bonchev–Trinajstić information content (AvgIpc) is 2.47. The second-order valence-corrected chi connectivity index (χ2v) is 7.19. The highest BCUT2D eigenvalue weighted by molar-refractivity contribution is 9.10. The van der Waals surface area contributed by atoms with Gasteiger partial charge in [0.05, 0.1) is 18.7 Å². The Kier molecular flexibility index (Phi) is 5.20. The summed E-state index contributed by atoms with van der Waals surface area (Å²) in [6, 6.07) is 9.40. The molecule has 2 aromatic rings. The molecule has 0 bridgehead atoms. The van der Waals surface area contributed by atoms with Crippen LogP contribution in [0.25, 0.3) is 0 Å². The van der Waals surface area contributed by atoms with Crippen LogP contribution in [0.3, 0.4) is 0 Å². The van der Waals surface area contributed by atoms with Crippen LogP contribution in [0.15, 0.2) is 45.8 Å². The molecule has 5 nitrogen and oxygen atoms in total. The second kappa shape index (κ2) is 6.76. The highest BCUT2D eigenvalue weighted by atomic mass is 79.9. The predicted molar refractivity (Wildman–Crippen MR) is 89.5 cm³/mol. The van der Waals surface area contributed by atoms with Gasteiger partial charge in [-0.3, -0.25) is 4.72 Å².